The quantitative estimate of drug-likeness (QED) is 0.758. The van der Waals surface area contributed by atoms with Gasteiger partial charge < -0.3 is 9.64 Å². The third kappa shape index (κ3) is 3.53. The van der Waals surface area contributed by atoms with Gasteiger partial charge in [0.15, 0.2) is 0 Å². The highest BCUT2D eigenvalue weighted by Gasteiger charge is 2.53. The molecule has 1 spiro atoms. The molecular formula is C21H24FN3O3. The maximum Gasteiger partial charge on any atom is 0.307 e. The number of esters is 1. The maximum absolute atomic E-state index is 13.1. The second-order valence-corrected chi connectivity index (χ2v) is 7.82. The normalized spacial score (nSPS) is 20.9. The molecule has 1 saturated carbocycles. The van der Waals surface area contributed by atoms with E-state index in [2.05, 4.69) is 5.10 Å². The summed E-state index contributed by atoms with van der Waals surface area (Å²) in [6, 6.07) is 6.06. The first-order chi connectivity index (χ1) is 13.5. The van der Waals surface area contributed by atoms with Gasteiger partial charge in [0, 0.05) is 25.4 Å². The topological polar surface area (TPSA) is 64.4 Å². The minimum absolute atomic E-state index is 0.0534. The van der Waals surface area contributed by atoms with Gasteiger partial charge in [-0.1, -0.05) is 6.42 Å². The second kappa shape index (κ2) is 7.37. The molecule has 2 heterocycles. The number of carbonyl (C=O) groups is 2. The molecule has 1 amide bonds. The fourth-order valence-electron chi connectivity index (χ4n) is 4.40. The van der Waals surface area contributed by atoms with Gasteiger partial charge in [-0.15, -0.1) is 0 Å². The molecule has 2 aliphatic rings. The van der Waals surface area contributed by atoms with Crippen LogP contribution in [0.2, 0.25) is 0 Å². The lowest BCUT2D eigenvalue weighted by Crippen LogP contribution is -2.46. The highest BCUT2D eigenvalue weighted by molar-refractivity contribution is 5.87. The number of benzene rings is 1. The average Bonchev–Trinajstić information content (AvgIpc) is 3.27. The molecule has 1 aromatic heterocycles. The largest absolute Gasteiger partial charge is 0.458 e. The lowest BCUT2D eigenvalue weighted by molar-refractivity contribution is -0.155. The summed E-state index contributed by atoms with van der Waals surface area (Å²) < 4.78 is 20.4. The third-order valence-electron chi connectivity index (χ3n) is 5.84. The van der Waals surface area contributed by atoms with Gasteiger partial charge in [0.25, 0.3) is 0 Å². The van der Waals surface area contributed by atoms with Crippen molar-refractivity contribution in [2.24, 2.45) is 5.92 Å². The number of hydrogen-bond donors (Lipinski definition) is 0. The summed E-state index contributed by atoms with van der Waals surface area (Å²) in [6.45, 7) is 0.390. The van der Waals surface area contributed by atoms with Crippen LogP contribution in [0.25, 0.3) is 5.69 Å². The molecule has 1 unspecified atom stereocenters. The Kier molecular flexibility index (Phi) is 4.91. The lowest BCUT2D eigenvalue weighted by Gasteiger charge is -2.37. The molecule has 6 nitrogen and oxygen atoms in total. The Morgan fingerprint density at radius 2 is 2.00 bits per heavy atom. The number of halogens is 1. The van der Waals surface area contributed by atoms with Crippen molar-refractivity contribution in [1.82, 2.24) is 14.7 Å². The van der Waals surface area contributed by atoms with Gasteiger partial charge in [0.1, 0.15) is 11.4 Å². The lowest BCUT2D eigenvalue weighted by atomic mass is 9.75. The van der Waals surface area contributed by atoms with Gasteiger partial charge in [-0.05, 0) is 49.9 Å². The first-order valence-corrected chi connectivity index (χ1v) is 9.73. The number of ether oxygens (including phenoxy) is 1. The van der Waals surface area contributed by atoms with Crippen molar-refractivity contribution in [2.45, 2.75) is 50.7 Å². The average molecular weight is 385 g/mol. The highest BCUT2D eigenvalue weighted by atomic mass is 19.1. The molecule has 7 heteroatoms. The molecule has 1 aliphatic heterocycles. The highest BCUT2D eigenvalue weighted by Crippen LogP contribution is 2.44. The third-order valence-corrected chi connectivity index (χ3v) is 5.84. The zero-order chi connectivity index (χ0) is 19.7. The molecule has 2 aromatic rings. The van der Waals surface area contributed by atoms with E-state index in [1.807, 2.05) is 6.20 Å². The van der Waals surface area contributed by atoms with Crippen LogP contribution in [0.3, 0.4) is 0 Å². The SMILES string of the molecule is CN(Cc1cnn(-c2ccc(F)cc2)c1)C(=O)C1CC(=O)OC12CCCCC2. The van der Waals surface area contributed by atoms with Gasteiger partial charge in [-0.2, -0.15) is 5.10 Å². The molecule has 2 fully saturated rings. The Hall–Kier alpha value is -2.70. The van der Waals surface area contributed by atoms with E-state index in [1.165, 1.54) is 12.1 Å². The summed E-state index contributed by atoms with van der Waals surface area (Å²) in [5, 5.41) is 4.30. The zero-order valence-corrected chi connectivity index (χ0v) is 15.9. The zero-order valence-electron chi connectivity index (χ0n) is 15.9. The van der Waals surface area contributed by atoms with Crippen LogP contribution in [-0.2, 0) is 20.9 Å². The first kappa shape index (κ1) is 18.7. The van der Waals surface area contributed by atoms with Crippen molar-refractivity contribution < 1.29 is 18.7 Å². The molecular weight excluding hydrogens is 361 g/mol. The maximum atomic E-state index is 13.1. The Bertz CT molecular complexity index is 871. The van der Waals surface area contributed by atoms with E-state index in [-0.39, 0.29) is 24.1 Å². The predicted octanol–water partition coefficient (Wildman–Crippen LogP) is 3.24. The molecule has 4 rings (SSSR count). The van der Waals surface area contributed by atoms with Crippen LogP contribution in [0, 0.1) is 11.7 Å². The fourth-order valence-corrected chi connectivity index (χ4v) is 4.40. The molecule has 0 bridgehead atoms. The summed E-state index contributed by atoms with van der Waals surface area (Å²) in [5.41, 5.74) is 1.000. The van der Waals surface area contributed by atoms with Gasteiger partial charge in [0.05, 0.1) is 24.2 Å². The molecule has 0 N–H and O–H groups in total. The number of nitrogens with zero attached hydrogens (tertiary/aromatic N) is 3. The fraction of sp³-hybridized carbons (Fsp3) is 0.476. The number of hydrogen-bond acceptors (Lipinski definition) is 4. The van der Waals surface area contributed by atoms with Gasteiger partial charge >= 0.3 is 5.97 Å². The summed E-state index contributed by atoms with van der Waals surface area (Å²) in [6.07, 6.45) is 8.33. The molecule has 1 aliphatic carbocycles. The van der Waals surface area contributed by atoms with Crippen molar-refractivity contribution in [1.29, 1.82) is 0 Å². The van der Waals surface area contributed by atoms with Crippen molar-refractivity contribution >= 4 is 11.9 Å². The van der Waals surface area contributed by atoms with Crippen molar-refractivity contribution in [3.05, 3.63) is 48.0 Å². The molecule has 28 heavy (non-hydrogen) atoms. The van der Waals surface area contributed by atoms with Crippen LogP contribution in [0.4, 0.5) is 4.39 Å². The molecule has 1 aromatic carbocycles. The van der Waals surface area contributed by atoms with Crippen LogP contribution in [0.1, 0.15) is 44.1 Å². The second-order valence-electron chi connectivity index (χ2n) is 7.82. The predicted molar refractivity (Wildman–Crippen MR) is 100 cm³/mol. The van der Waals surface area contributed by atoms with Crippen molar-refractivity contribution in [3.63, 3.8) is 0 Å². The Balaban J connectivity index is 1.46. The Morgan fingerprint density at radius 1 is 1.29 bits per heavy atom. The van der Waals surface area contributed by atoms with Crippen molar-refractivity contribution in [3.8, 4) is 5.69 Å². The van der Waals surface area contributed by atoms with Crippen LogP contribution in [0.15, 0.2) is 36.7 Å². The van der Waals surface area contributed by atoms with E-state index in [4.69, 9.17) is 4.74 Å². The minimum Gasteiger partial charge on any atom is -0.458 e. The van der Waals surface area contributed by atoms with E-state index in [1.54, 1.807) is 35.0 Å². The van der Waals surface area contributed by atoms with E-state index in [9.17, 15) is 14.0 Å². The van der Waals surface area contributed by atoms with Gasteiger partial charge in [-0.25, -0.2) is 9.07 Å². The van der Waals surface area contributed by atoms with E-state index in [0.29, 0.717) is 6.54 Å². The number of amides is 1. The Labute approximate surface area is 163 Å². The van der Waals surface area contributed by atoms with E-state index >= 15 is 0 Å². The van der Waals surface area contributed by atoms with Crippen LogP contribution in [0.5, 0.6) is 0 Å². The first-order valence-electron chi connectivity index (χ1n) is 9.73. The molecule has 0 radical (unpaired) electrons. The van der Waals surface area contributed by atoms with Crippen molar-refractivity contribution in [2.75, 3.05) is 7.05 Å². The number of aromatic nitrogens is 2. The molecule has 148 valence electrons. The monoisotopic (exact) mass is 385 g/mol. The number of rotatable bonds is 4. The summed E-state index contributed by atoms with van der Waals surface area (Å²) >= 11 is 0. The standard InChI is InChI=1S/C21H24FN3O3/c1-24(13-15-12-23-25(14-15)17-7-5-16(22)6-8-17)20(27)18-11-19(26)28-21(18)9-3-2-4-10-21/h5-8,12,14,18H,2-4,9-11,13H2,1H3. The molecule has 1 atom stereocenters. The van der Waals surface area contributed by atoms with E-state index in [0.717, 1.165) is 43.4 Å². The van der Waals surface area contributed by atoms with Gasteiger partial charge in [0.2, 0.25) is 5.91 Å². The minimum atomic E-state index is -0.612. The summed E-state index contributed by atoms with van der Waals surface area (Å²) in [7, 11) is 1.75. The van der Waals surface area contributed by atoms with Crippen LogP contribution in [-0.4, -0.2) is 39.2 Å². The smallest absolute Gasteiger partial charge is 0.307 e. The van der Waals surface area contributed by atoms with Crippen LogP contribution < -0.4 is 0 Å². The Morgan fingerprint density at radius 3 is 2.71 bits per heavy atom. The van der Waals surface area contributed by atoms with Crippen LogP contribution >= 0.6 is 0 Å². The van der Waals surface area contributed by atoms with E-state index < -0.39 is 11.5 Å². The number of carbonyl (C=O) groups excluding carboxylic acids is 2. The molecule has 1 saturated heterocycles. The van der Waals surface area contributed by atoms with Gasteiger partial charge in [-0.3, -0.25) is 9.59 Å². The summed E-state index contributed by atoms with van der Waals surface area (Å²) in [5.74, 6) is -1.02. The summed E-state index contributed by atoms with van der Waals surface area (Å²) in [4.78, 5) is 26.7.